The molecule has 22 heavy (non-hydrogen) atoms. The fraction of sp³-hybridized carbons (Fsp3) is 0.500. The maximum absolute atomic E-state index is 12.2. The molecule has 0 radical (unpaired) electrons. The topological polar surface area (TPSA) is 70.2 Å². The van der Waals surface area contributed by atoms with Crippen molar-refractivity contribution in [2.24, 2.45) is 5.92 Å². The Balaban J connectivity index is 2.77. The summed E-state index contributed by atoms with van der Waals surface area (Å²) in [6.07, 6.45) is 0.434. The summed E-state index contributed by atoms with van der Waals surface area (Å²) in [6.45, 7) is 6.41. The van der Waals surface area contributed by atoms with Gasteiger partial charge in [0.2, 0.25) is 5.91 Å². The van der Waals surface area contributed by atoms with Crippen molar-refractivity contribution in [2.45, 2.75) is 33.2 Å². The first-order valence-corrected chi connectivity index (χ1v) is 7.76. The predicted octanol–water partition coefficient (Wildman–Crippen LogP) is 2.66. The van der Waals surface area contributed by atoms with Crippen LogP contribution >= 0.6 is 11.6 Å². The van der Waals surface area contributed by atoms with E-state index in [0.717, 1.165) is 0 Å². The van der Waals surface area contributed by atoms with Crippen LogP contribution in [0.15, 0.2) is 18.2 Å². The lowest BCUT2D eigenvalue weighted by molar-refractivity contribution is -0.116. The second-order valence-electron chi connectivity index (χ2n) is 5.74. The smallest absolute Gasteiger partial charge is 0.252 e. The van der Waals surface area contributed by atoms with Crippen LogP contribution in [0.3, 0.4) is 0 Å². The van der Waals surface area contributed by atoms with Crippen molar-refractivity contribution >= 4 is 29.1 Å². The van der Waals surface area contributed by atoms with Crippen molar-refractivity contribution in [3.05, 3.63) is 28.8 Å². The van der Waals surface area contributed by atoms with Crippen molar-refractivity contribution in [2.75, 3.05) is 18.9 Å². The lowest BCUT2D eigenvalue weighted by Gasteiger charge is -2.13. The molecular formula is C16H24ClN3O2. The minimum Gasteiger partial charge on any atom is -0.350 e. The van der Waals surface area contributed by atoms with Gasteiger partial charge < -0.3 is 16.0 Å². The Morgan fingerprint density at radius 1 is 1.23 bits per heavy atom. The van der Waals surface area contributed by atoms with E-state index in [-0.39, 0.29) is 23.8 Å². The molecule has 1 unspecified atom stereocenters. The normalized spacial score (nSPS) is 12.1. The minimum atomic E-state index is -0.257. The van der Waals surface area contributed by atoms with E-state index in [2.05, 4.69) is 16.0 Å². The summed E-state index contributed by atoms with van der Waals surface area (Å²) in [7, 11) is 1.83. The van der Waals surface area contributed by atoms with Crippen molar-refractivity contribution in [1.82, 2.24) is 10.6 Å². The third kappa shape index (κ3) is 6.03. The molecule has 0 aliphatic carbocycles. The number of halogens is 1. The number of benzene rings is 1. The Morgan fingerprint density at radius 2 is 1.91 bits per heavy atom. The quantitative estimate of drug-likeness (QED) is 0.722. The van der Waals surface area contributed by atoms with E-state index in [4.69, 9.17) is 11.6 Å². The Morgan fingerprint density at radius 3 is 2.50 bits per heavy atom. The highest BCUT2D eigenvalue weighted by molar-refractivity contribution is 6.34. The molecule has 0 aromatic heterocycles. The van der Waals surface area contributed by atoms with Crippen LogP contribution in [0.4, 0.5) is 5.69 Å². The number of amides is 2. The highest BCUT2D eigenvalue weighted by Gasteiger charge is 2.13. The van der Waals surface area contributed by atoms with Crippen LogP contribution in [0.1, 0.15) is 37.6 Å². The molecule has 0 saturated heterocycles. The molecule has 2 amide bonds. The average molecular weight is 326 g/mol. The van der Waals surface area contributed by atoms with Gasteiger partial charge in [0.15, 0.2) is 0 Å². The number of nitrogens with one attached hydrogen (secondary N) is 3. The molecule has 1 rings (SSSR count). The molecule has 0 bridgehead atoms. The molecule has 0 fully saturated rings. The monoisotopic (exact) mass is 325 g/mol. The first-order valence-electron chi connectivity index (χ1n) is 7.38. The van der Waals surface area contributed by atoms with Gasteiger partial charge in [0, 0.05) is 24.7 Å². The van der Waals surface area contributed by atoms with Crippen molar-refractivity contribution in [3.63, 3.8) is 0 Å². The fourth-order valence-corrected chi connectivity index (χ4v) is 2.01. The Labute approximate surface area is 136 Å². The Hall–Kier alpha value is -1.59. The van der Waals surface area contributed by atoms with Crippen molar-refractivity contribution in [1.29, 1.82) is 0 Å². The van der Waals surface area contributed by atoms with Gasteiger partial charge in [0.05, 0.1) is 10.6 Å². The fourth-order valence-electron chi connectivity index (χ4n) is 1.80. The molecule has 0 aliphatic heterocycles. The summed E-state index contributed by atoms with van der Waals surface area (Å²) in [5, 5.41) is 8.98. The molecule has 122 valence electrons. The van der Waals surface area contributed by atoms with E-state index in [1.165, 1.54) is 0 Å². The summed E-state index contributed by atoms with van der Waals surface area (Å²) < 4.78 is 0. The van der Waals surface area contributed by atoms with Gasteiger partial charge in [-0.25, -0.2) is 0 Å². The molecule has 1 aromatic carbocycles. The van der Waals surface area contributed by atoms with Gasteiger partial charge in [-0.05, 0) is 38.1 Å². The van der Waals surface area contributed by atoms with Gasteiger partial charge >= 0.3 is 0 Å². The maximum Gasteiger partial charge on any atom is 0.252 e. The number of carbonyl (C=O) groups excluding carboxylic acids is 2. The first kappa shape index (κ1) is 18.5. The van der Waals surface area contributed by atoms with E-state index in [0.29, 0.717) is 29.2 Å². The number of rotatable bonds is 7. The zero-order valence-corrected chi connectivity index (χ0v) is 14.3. The molecule has 1 atom stereocenters. The molecule has 1 aromatic rings. The molecule has 6 heteroatoms. The van der Waals surface area contributed by atoms with E-state index >= 15 is 0 Å². The summed E-state index contributed by atoms with van der Waals surface area (Å²) in [6, 6.07) is 5.06. The highest BCUT2D eigenvalue weighted by atomic mass is 35.5. The van der Waals surface area contributed by atoms with Crippen LogP contribution in [-0.4, -0.2) is 31.4 Å². The Kier molecular flexibility index (Phi) is 7.35. The second kappa shape index (κ2) is 8.76. The summed E-state index contributed by atoms with van der Waals surface area (Å²) in [5.74, 6) is -0.0577. The van der Waals surface area contributed by atoms with Gasteiger partial charge in [0.25, 0.3) is 5.91 Å². The van der Waals surface area contributed by atoms with Crippen molar-refractivity contribution in [3.8, 4) is 0 Å². The van der Waals surface area contributed by atoms with Crippen LogP contribution in [-0.2, 0) is 4.79 Å². The summed E-state index contributed by atoms with van der Waals surface area (Å²) in [4.78, 5) is 24.0. The largest absolute Gasteiger partial charge is 0.350 e. The van der Waals surface area contributed by atoms with Crippen LogP contribution in [0, 0.1) is 5.92 Å². The van der Waals surface area contributed by atoms with Crippen LogP contribution in [0.5, 0.6) is 0 Å². The lowest BCUT2D eigenvalue weighted by Crippen LogP contribution is -2.37. The van der Waals surface area contributed by atoms with Gasteiger partial charge in [-0.15, -0.1) is 0 Å². The molecular weight excluding hydrogens is 302 g/mol. The third-order valence-corrected chi connectivity index (χ3v) is 3.48. The molecule has 0 heterocycles. The van der Waals surface area contributed by atoms with E-state index < -0.39 is 0 Å². The molecule has 3 N–H and O–H groups in total. The van der Waals surface area contributed by atoms with Gasteiger partial charge in [0.1, 0.15) is 0 Å². The second-order valence-corrected chi connectivity index (χ2v) is 6.15. The molecule has 5 nitrogen and oxygen atoms in total. The number of hydrogen-bond donors (Lipinski definition) is 3. The van der Waals surface area contributed by atoms with Crippen LogP contribution in [0.2, 0.25) is 5.02 Å². The zero-order valence-electron chi connectivity index (χ0n) is 13.5. The van der Waals surface area contributed by atoms with Gasteiger partial charge in [-0.2, -0.15) is 0 Å². The average Bonchev–Trinajstić information content (AvgIpc) is 2.45. The van der Waals surface area contributed by atoms with E-state index in [9.17, 15) is 9.59 Å². The minimum absolute atomic E-state index is 0.0764. The summed E-state index contributed by atoms with van der Waals surface area (Å²) in [5.41, 5.74) is 0.925. The van der Waals surface area contributed by atoms with Gasteiger partial charge in [-0.1, -0.05) is 25.4 Å². The molecule has 0 spiro atoms. The predicted molar refractivity (Wildman–Crippen MR) is 90.4 cm³/mol. The molecule has 0 aliphatic rings. The van der Waals surface area contributed by atoms with Crippen LogP contribution < -0.4 is 16.0 Å². The first-order chi connectivity index (χ1) is 10.3. The van der Waals surface area contributed by atoms with Crippen molar-refractivity contribution < 1.29 is 9.59 Å². The lowest BCUT2D eigenvalue weighted by atomic mass is 10.1. The highest BCUT2D eigenvalue weighted by Crippen LogP contribution is 2.21. The number of anilines is 1. The summed E-state index contributed by atoms with van der Waals surface area (Å²) >= 11 is 6.07. The number of likely N-dealkylation sites (N-methyl/N-ethyl adjacent to an activating group) is 1. The van der Waals surface area contributed by atoms with E-state index in [1.54, 1.807) is 18.2 Å². The SMILES string of the molecule is CNC(C)CNC(=O)c1cc(NC(=O)CC(C)C)ccc1Cl. The standard InChI is InChI=1S/C16H24ClN3O2/c1-10(2)7-15(21)20-12-5-6-14(17)13(8-12)16(22)19-9-11(3)18-4/h5-6,8,10-11,18H,7,9H2,1-4H3,(H,19,22)(H,20,21). The zero-order chi connectivity index (χ0) is 16.7. The maximum atomic E-state index is 12.2. The van der Waals surface area contributed by atoms with Crippen LogP contribution in [0.25, 0.3) is 0 Å². The third-order valence-electron chi connectivity index (χ3n) is 3.15. The molecule has 0 saturated carbocycles. The van der Waals surface area contributed by atoms with Gasteiger partial charge in [-0.3, -0.25) is 9.59 Å². The van der Waals surface area contributed by atoms with E-state index in [1.807, 2.05) is 27.8 Å². The number of hydrogen-bond acceptors (Lipinski definition) is 3. The number of carbonyl (C=O) groups is 2. The Bertz CT molecular complexity index is 532.